The van der Waals surface area contributed by atoms with Gasteiger partial charge in [-0.1, -0.05) is 32.9 Å². The summed E-state index contributed by atoms with van der Waals surface area (Å²) < 4.78 is 22.4. The lowest BCUT2D eigenvalue weighted by Crippen LogP contribution is -2.46. The average molecular weight is 371 g/mol. The van der Waals surface area contributed by atoms with E-state index in [9.17, 15) is 9.00 Å². The lowest BCUT2D eigenvalue weighted by Gasteiger charge is -2.30. The highest BCUT2D eigenvalue weighted by atomic mass is 32.2. The number of hydrogen-bond donors (Lipinski definition) is 1. The van der Waals surface area contributed by atoms with Crippen molar-refractivity contribution in [3.63, 3.8) is 0 Å². The Hall–Kier alpha value is -1.21. The minimum absolute atomic E-state index is 0.0142. The molecular weight excluding hydrogens is 340 g/mol. The maximum atomic E-state index is 12.9. The first-order valence-corrected chi connectivity index (χ1v) is 10.0. The Morgan fingerprint density at radius 3 is 2.44 bits per heavy atom. The first-order chi connectivity index (χ1) is 11.6. The number of amides is 1. The van der Waals surface area contributed by atoms with Crippen LogP contribution in [0.25, 0.3) is 0 Å². The van der Waals surface area contributed by atoms with Crippen LogP contribution in [0.3, 0.4) is 0 Å². The summed E-state index contributed by atoms with van der Waals surface area (Å²) >= 11 is 0. The molecule has 1 N–H and O–H groups in total. The van der Waals surface area contributed by atoms with E-state index in [1.165, 1.54) is 0 Å². The molecule has 0 aromatic carbocycles. The van der Waals surface area contributed by atoms with Gasteiger partial charge in [-0.3, -0.25) is 14.3 Å². The molecular formula is C18H30N2O4S. The second-order valence-corrected chi connectivity index (χ2v) is 10.3. The minimum Gasteiger partial charge on any atom is -0.381 e. The van der Waals surface area contributed by atoms with Gasteiger partial charge in [0.1, 0.15) is 4.75 Å². The zero-order valence-corrected chi connectivity index (χ0v) is 16.9. The van der Waals surface area contributed by atoms with Gasteiger partial charge in [0.2, 0.25) is 11.8 Å². The molecule has 0 aliphatic carbocycles. The number of rotatable bonds is 6. The fraction of sp³-hybridized carbons (Fsp3) is 0.778. The van der Waals surface area contributed by atoms with Crippen LogP contribution in [-0.2, 0) is 25.7 Å². The fourth-order valence-electron chi connectivity index (χ4n) is 2.59. The quantitative estimate of drug-likeness (QED) is 0.831. The van der Waals surface area contributed by atoms with Crippen LogP contribution in [-0.4, -0.2) is 38.5 Å². The third kappa shape index (κ3) is 4.31. The van der Waals surface area contributed by atoms with Gasteiger partial charge in [-0.15, -0.1) is 0 Å². The van der Waals surface area contributed by atoms with Crippen molar-refractivity contribution in [3.05, 3.63) is 11.8 Å². The highest BCUT2D eigenvalue weighted by Gasteiger charge is 2.40. The molecule has 1 amide bonds. The molecule has 6 nitrogen and oxygen atoms in total. The van der Waals surface area contributed by atoms with E-state index in [4.69, 9.17) is 9.26 Å². The summed E-state index contributed by atoms with van der Waals surface area (Å²) in [5.41, 5.74) is 0.633. The van der Waals surface area contributed by atoms with Gasteiger partial charge < -0.3 is 9.26 Å². The van der Waals surface area contributed by atoms with E-state index in [2.05, 4.69) is 38.2 Å². The number of ether oxygens (including phenoxy) is 1. The number of nitrogens with one attached hydrogen (secondary N) is 1. The Morgan fingerprint density at radius 2 is 1.88 bits per heavy atom. The molecule has 1 aromatic rings. The van der Waals surface area contributed by atoms with Crippen LogP contribution in [0.5, 0.6) is 0 Å². The molecule has 2 rings (SSSR count). The fourth-order valence-corrected chi connectivity index (χ4v) is 4.28. The van der Waals surface area contributed by atoms with E-state index in [0.717, 1.165) is 18.5 Å². The maximum absolute atomic E-state index is 12.9. The molecule has 1 saturated heterocycles. The van der Waals surface area contributed by atoms with E-state index in [1.807, 2.05) is 0 Å². The van der Waals surface area contributed by atoms with Crippen molar-refractivity contribution in [2.24, 2.45) is 5.92 Å². The van der Waals surface area contributed by atoms with Crippen LogP contribution < -0.4 is 5.32 Å². The summed E-state index contributed by atoms with van der Waals surface area (Å²) in [6.45, 7) is 13.0. The molecule has 1 aliphatic rings. The first kappa shape index (κ1) is 20.1. The first-order valence-electron chi connectivity index (χ1n) is 8.84. The molecule has 1 aliphatic heterocycles. The summed E-state index contributed by atoms with van der Waals surface area (Å²) in [7, 11) is -1.29. The summed E-state index contributed by atoms with van der Waals surface area (Å²) in [5, 5.41) is 6.82. The van der Waals surface area contributed by atoms with Crippen molar-refractivity contribution in [1.29, 1.82) is 0 Å². The zero-order valence-electron chi connectivity index (χ0n) is 16.0. The van der Waals surface area contributed by atoms with Gasteiger partial charge in [-0.05, 0) is 32.6 Å². The lowest BCUT2D eigenvalue weighted by atomic mass is 9.78. The lowest BCUT2D eigenvalue weighted by molar-refractivity contribution is -0.117. The van der Waals surface area contributed by atoms with Crippen molar-refractivity contribution in [1.82, 2.24) is 5.16 Å². The van der Waals surface area contributed by atoms with Gasteiger partial charge in [-0.25, -0.2) is 0 Å². The van der Waals surface area contributed by atoms with Crippen molar-refractivity contribution in [2.45, 2.75) is 69.8 Å². The number of carbonyl (C=O) groups excluding carboxylic acids is 1. The van der Waals surface area contributed by atoms with Gasteiger partial charge >= 0.3 is 0 Å². The molecule has 25 heavy (non-hydrogen) atoms. The predicted octanol–water partition coefficient (Wildman–Crippen LogP) is 3.25. The number of anilines is 1. The average Bonchev–Trinajstić information content (AvgIpc) is 3.04. The maximum Gasteiger partial charge on any atom is 0.245 e. The Labute approximate surface area is 152 Å². The molecule has 1 atom stereocenters. The largest absolute Gasteiger partial charge is 0.381 e. The normalized spacial score (nSPS) is 18.4. The Kier molecular flexibility index (Phi) is 6.09. The molecule has 0 spiro atoms. The Bertz CT molecular complexity index is 631. The van der Waals surface area contributed by atoms with Gasteiger partial charge in [0, 0.05) is 40.7 Å². The number of nitrogens with zero attached hydrogens (tertiary/aromatic N) is 1. The molecule has 2 heterocycles. The SMILES string of the molecule is CC(C)C(C)(C)c1cc(NC(=O)C(C)(C)S(=O)C2CCOCC2)on1. The van der Waals surface area contributed by atoms with Crippen LogP contribution in [0.2, 0.25) is 0 Å². The van der Waals surface area contributed by atoms with Crippen molar-refractivity contribution in [2.75, 3.05) is 18.5 Å². The summed E-state index contributed by atoms with van der Waals surface area (Å²) in [6, 6.07) is 1.76. The standard InChI is InChI=1S/C18H30N2O4S/c1-12(2)17(3,4)14-11-15(24-20-14)19-16(21)18(5,6)25(22)13-7-9-23-10-8-13/h11-13H,7-10H2,1-6H3,(H,19,21). The number of hydrogen-bond acceptors (Lipinski definition) is 5. The van der Waals surface area contributed by atoms with Crippen LogP contribution in [0, 0.1) is 5.92 Å². The topological polar surface area (TPSA) is 81.4 Å². The Balaban J connectivity index is 2.08. The van der Waals surface area contributed by atoms with Crippen LogP contribution in [0.4, 0.5) is 5.88 Å². The van der Waals surface area contributed by atoms with Crippen LogP contribution >= 0.6 is 0 Å². The molecule has 1 aromatic heterocycles. The second kappa shape index (κ2) is 7.58. The molecule has 0 saturated carbocycles. The van der Waals surface area contributed by atoms with Crippen molar-refractivity contribution >= 4 is 22.6 Å². The molecule has 0 radical (unpaired) electrons. The minimum atomic E-state index is -1.29. The smallest absolute Gasteiger partial charge is 0.245 e. The highest BCUT2D eigenvalue weighted by Crippen LogP contribution is 2.32. The molecule has 1 fully saturated rings. The number of aromatic nitrogens is 1. The van der Waals surface area contributed by atoms with Crippen LogP contribution in [0.1, 0.15) is 60.1 Å². The molecule has 1 unspecified atom stereocenters. The van der Waals surface area contributed by atoms with E-state index >= 15 is 0 Å². The molecule has 7 heteroatoms. The highest BCUT2D eigenvalue weighted by molar-refractivity contribution is 7.87. The molecule has 142 valence electrons. The second-order valence-electron chi connectivity index (χ2n) is 8.03. The van der Waals surface area contributed by atoms with Gasteiger partial charge in [-0.2, -0.15) is 0 Å². The van der Waals surface area contributed by atoms with E-state index in [-0.39, 0.29) is 16.6 Å². The predicted molar refractivity (Wildman–Crippen MR) is 99.1 cm³/mol. The van der Waals surface area contributed by atoms with E-state index < -0.39 is 15.5 Å². The van der Waals surface area contributed by atoms with Crippen molar-refractivity contribution in [3.8, 4) is 0 Å². The summed E-state index contributed by atoms with van der Waals surface area (Å²) in [6.07, 6.45) is 1.44. The zero-order chi connectivity index (χ0) is 18.8. The van der Waals surface area contributed by atoms with Crippen LogP contribution in [0.15, 0.2) is 10.6 Å². The Morgan fingerprint density at radius 1 is 1.28 bits per heavy atom. The number of carbonyl (C=O) groups is 1. The summed E-state index contributed by atoms with van der Waals surface area (Å²) in [5.74, 6) is 0.353. The summed E-state index contributed by atoms with van der Waals surface area (Å²) in [4.78, 5) is 12.7. The third-order valence-corrected chi connectivity index (χ3v) is 7.64. The van der Waals surface area contributed by atoms with Gasteiger partial charge in [0.25, 0.3) is 0 Å². The van der Waals surface area contributed by atoms with Crippen molar-refractivity contribution < 1.29 is 18.3 Å². The third-order valence-electron chi connectivity index (χ3n) is 5.37. The monoisotopic (exact) mass is 370 g/mol. The molecule has 0 bridgehead atoms. The van der Waals surface area contributed by atoms with Gasteiger partial charge in [0.05, 0.1) is 5.69 Å². The van der Waals surface area contributed by atoms with Gasteiger partial charge in [0.15, 0.2) is 0 Å². The van der Waals surface area contributed by atoms with E-state index in [1.54, 1.807) is 19.9 Å². The van der Waals surface area contributed by atoms with E-state index in [0.29, 0.717) is 25.0 Å².